The van der Waals surface area contributed by atoms with Crippen LogP contribution in [0.2, 0.25) is 5.02 Å². The van der Waals surface area contributed by atoms with Crippen LogP contribution in [0.1, 0.15) is 16.1 Å². The summed E-state index contributed by atoms with van der Waals surface area (Å²) in [6.07, 6.45) is 1.25. The molecule has 0 saturated heterocycles. The third kappa shape index (κ3) is 3.08. The summed E-state index contributed by atoms with van der Waals surface area (Å²) in [7, 11) is 0. The number of carboxylic acids is 1. The van der Waals surface area contributed by atoms with Crippen molar-refractivity contribution in [2.75, 3.05) is 0 Å². The van der Waals surface area contributed by atoms with E-state index >= 15 is 0 Å². The molecule has 0 saturated carbocycles. The van der Waals surface area contributed by atoms with Gasteiger partial charge >= 0.3 is 5.97 Å². The number of rotatable bonds is 4. The second-order valence-electron chi connectivity index (χ2n) is 3.57. The molecule has 19 heavy (non-hydrogen) atoms. The zero-order chi connectivity index (χ0) is 14.0. The van der Waals surface area contributed by atoms with Crippen molar-refractivity contribution in [3.05, 3.63) is 51.1 Å². The molecule has 0 fully saturated rings. The average Bonchev–Trinajstić information content (AvgIpc) is 2.80. The van der Waals surface area contributed by atoms with Gasteiger partial charge in [-0.15, -0.1) is 0 Å². The molecule has 0 aliphatic rings. The number of benzene rings is 1. The van der Waals surface area contributed by atoms with Gasteiger partial charge in [-0.2, -0.15) is 0 Å². The lowest BCUT2D eigenvalue weighted by Crippen LogP contribution is -2.03. The Hall–Kier alpha value is -1.53. The van der Waals surface area contributed by atoms with Crippen molar-refractivity contribution >= 4 is 33.5 Å². The Labute approximate surface area is 120 Å². The summed E-state index contributed by atoms with van der Waals surface area (Å²) in [5.74, 6) is -1.79. The van der Waals surface area contributed by atoms with Crippen LogP contribution in [0.15, 0.2) is 33.4 Å². The summed E-state index contributed by atoms with van der Waals surface area (Å²) in [5.41, 5.74) is 0.356. The van der Waals surface area contributed by atoms with Crippen LogP contribution in [0.5, 0.6) is 5.75 Å². The molecule has 100 valence electrons. The standard InChI is InChI=1S/C12H7BrClFO4/c13-7-3-8(14)9(15)4-10(7)19-5-6-1-2-18-11(6)12(16)17/h1-4H,5H2,(H,16,17). The Balaban J connectivity index is 2.17. The molecule has 0 bridgehead atoms. The maximum atomic E-state index is 13.3. The molecule has 4 nitrogen and oxygen atoms in total. The lowest BCUT2D eigenvalue weighted by atomic mass is 10.2. The van der Waals surface area contributed by atoms with Crippen LogP contribution in [-0.2, 0) is 6.61 Å². The van der Waals surface area contributed by atoms with Crippen LogP contribution < -0.4 is 4.74 Å². The first kappa shape index (κ1) is 13.9. The van der Waals surface area contributed by atoms with E-state index in [2.05, 4.69) is 15.9 Å². The molecule has 1 aromatic heterocycles. The lowest BCUT2D eigenvalue weighted by molar-refractivity contribution is 0.0658. The van der Waals surface area contributed by atoms with Crippen LogP contribution in [0.4, 0.5) is 4.39 Å². The quantitative estimate of drug-likeness (QED) is 0.844. The summed E-state index contributed by atoms with van der Waals surface area (Å²) in [6, 6.07) is 3.95. The minimum absolute atomic E-state index is 0.0336. The first-order chi connectivity index (χ1) is 8.99. The van der Waals surface area contributed by atoms with Crippen molar-refractivity contribution in [2.24, 2.45) is 0 Å². The highest BCUT2D eigenvalue weighted by Crippen LogP contribution is 2.31. The van der Waals surface area contributed by atoms with Crippen molar-refractivity contribution < 1.29 is 23.4 Å². The summed E-state index contributed by atoms with van der Waals surface area (Å²) < 4.78 is 23.9. The van der Waals surface area contributed by atoms with Gasteiger partial charge in [0.15, 0.2) is 0 Å². The van der Waals surface area contributed by atoms with E-state index in [-0.39, 0.29) is 23.1 Å². The Morgan fingerprint density at radius 1 is 1.53 bits per heavy atom. The fraction of sp³-hybridized carbons (Fsp3) is 0.0833. The first-order valence-corrected chi connectivity index (χ1v) is 6.23. The fourth-order valence-corrected chi connectivity index (χ4v) is 2.16. The Morgan fingerprint density at radius 3 is 2.95 bits per heavy atom. The van der Waals surface area contributed by atoms with E-state index in [1.807, 2.05) is 0 Å². The zero-order valence-corrected chi connectivity index (χ0v) is 11.7. The molecule has 0 spiro atoms. The molecule has 1 aromatic carbocycles. The molecule has 0 aliphatic heterocycles. The topological polar surface area (TPSA) is 59.7 Å². The van der Waals surface area contributed by atoms with E-state index in [0.717, 1.165) is 6.07 Å². The minimum atomic E-state index is -1.19. The van der Waals surface area contributed by atoms with E-state index in [0.29, 0.717) is 10.0 Å². The largest absolute Gasteiger partial charge is 0.487 e. The van der Waals surface area contributed by atoms with Gasteiger partial charge in [0.25, 0.3) is 0 Å². The van der Waals surface area contributed by atoms with Gasteiger partial charge in [-0.1, -0.05) is 11.6 Å². The molecule has 2 aromatic rings. The number of aromatic carboxylic acids is 1. The summed E-state index contributed by atoms with van der Waals surface area (Å²) in [4.78, 5) is 10.8. The van der Waals surface area contributed by atoms with Gasteiger partial charge in [0.2, 0.25) is 5.76 Å². The molecule has 0 aliphatic carbocycles. The van der Waals surface area contributed by atoms with Crippen LogP contribution >= 0.6 is 27.5 Å². The number of halogens is 3. The van der Waals surface area contributed by atoms with Gasteiger partial charge in [-0.25, -0.2) is 9.18 Å². The summed E-state index contributed by atoms with van der Waals surface area (Å²) in [5, 5.41) is 8.82. The van der Waals surface area contributed by atoms with Gasteiger partial charge in [0.05, 0.1) is 15.8 Å². The minimum Gasteiger partial charge on any atom is -0.487 e. The predicted molar refractivity (Wildman–Crippen MR) is 69.1 cm³/mol. The first-order valence-electron chi connectivity index (χ1n) is 5.06. The Morgan fingerprint density at radius 2 is 2.26 bits per heavy atom. The fourth-order valence-electron chi connectivity index (χ4n) is 1.41. The van der Waals surface area contributed by atoms with E-state index in [4.69, 9.17) is 25.9 Å². The molecule has 0 amide bonds. The van der Waals surface area contributed by atoms with Crippen LogP contribution in [-0.4, -0.2) is 11.1 Å². The number of carboxylic acid groups (broad SMARTS) is 1. The van der Waals surface area contributed by atoms with Gasteiger partial charge in [0.1, 0.15) is 18.2 Å². The summed E-state index contributed by atoms with van der Waals surface area (Å²) in [6.45, 7) is -0.0577. The van der Waals surface area contributed by atoms with E-state index in [1.165, 1.54) is 18.4 Å². The second kappa shape index (κ2) is 5.63. The van der Waals surface area contributed by atoms with Crippen molar-refractivity contribution in [3.63, 3.8) is 0 Å². The van der Waals surface area contributed by atoms with E-state index < -0.39 is 11.8 Å². The van der Waals surface area contributed by atoms with Crippen molar-refractivity contribution in [2.45, 2.75) is 6.61 Å². The molecule has 0 atom stereocenters. The third-order valence-electron chi connectivity index (χ3n) is 2.30. The highest BCUT2D eigenvalue weighted by molar-refractivity contribution is 9.10. The van der Waals surface area contributed by atoms with E-state index in [9.17, 15) is 9.18 Å². The molecule has 0 radical (unpaired) electrons. The Kier molecular flexibility index (Phi) is 4.11. The number of hydrogen-bond acceptors (Lipinski definition) is 3. The van der Waals surface area contributed by atoms with Crippen LogP contribution in [0, 0.1) is 5.82 Å². The summed E-state index contributed by atoms with van der Waals surface area (Å²) >= 11 is 8.78. The number of hydrogen-bond donors (Lipinski definition) is 1. The smallest absolute Gasteiger partial charge is 0.372 e. The van der Waals surface area contributed by atoms with Crippen LogP contribution in [0.3, 0.4) is 0 Å². The highest BCUT2D eigenvalue weighted by Gasteiger charge is 2.15. The van der Waals surface area contributed by atoms with Gasteiger partial charge < -0.3 is 14.3 Å². The molecule has 2 rings (SSSR count). The van der Waals surface area contributed by atoms with Crippen molar-refractivity contribution in [3.8, 4) is 5.75 Å². The third-order valence-corrected chi connectivity index (χ3v) is 3.21. The molecule has 7 heteroatoms. The SMILES string of the molecule is O=C(O)c1occc1COc1cc(F)c(Cl)cc1Br. The normalized spacial score (nSPS) is 10.5. The number of ether oxygens (including phenoxy) is 1. The zero-order valence-electron chi connectivity index (χ0n) is 9.32. The van der Waals surface area contributed by atoms with Gasteiger partial charge in [-0.3, -0.25) is 0 Å². The molecular weight excluding hydrogens is 342 g/mol. The molecule has 1 heterocycles. The van der Waals surface area contributed by atoms with Crippen molar-refractivity contribution in [1.29, 1.82) is 0 Å². The molecule has 0 unspecified atom stereocenters. The molecular formula is C12H7BrClFO4. The van der Waals surface area contributed by atoms with E-state index in [1.54, 1.807) is 0 Å². The second-order valence-corrected chi connectivity index (χ2v) is 4.83. The monoisotopic (exact) mass is 348 g/mol. The predicted octanol–water partition coefficient (Wildman–Crippen LogP) is 4.11. The number of carbonyl (C=O) groups is 1. The average molecular weight is 350 g/mol. The molecule has 1 N–H and O–H groups in total. The van der Waals surface area contributed by atoms with Gasteiger partial charge in [-0.05, 0) is 28.1 Å². The lowest BCUT2D eigenvalue weighted by Gasteiger charge is -2.08. The number of furan rings is 1. The maximum absolute atomic E-state index is 13.3. The maximum Gasteiger partial charge on any atom is 0.372 e. The highest BCUT2D eigenvalue weighted by atomic mass is 79.9. The van der Waals surface area contributed by atoms with Gasteiger partial charge in [0, 0.05) is 11.6 Å². The Bertz CT molecular complexity index is 626. The van der Waals surface area contributed by atoms with Crippen molar-refractivity contribution in [1.82, 2.24) is 0 Å². The van der Waals surface area contributed by atoms with Crippen LogP contribution in [0.25, 0.3) is 0 Å².